The zero-order valence-electron chi connectivity index (χ0n) is 16.5. The summed E-state index contributed by atoms with van der Waals surface area (Å²) >= 11 is 7.75. The minimum atomic E-state index is -0.122. The summed E-state index contributed by atoms with van der Waals surface area (Å²) in [6, 6.07) is 5.60. The first-order valence-corrected chi connectivity index (χ1v) is 10.2. The van der Waals surface area contributed by atoms with E-state index in [4.69, 9.17) is 16.6 Å². The quantitative estimate of drug-likeness (QED) is 0.541. The third-order valence-corrected chi connectivity index (χ3v) is 5.84. The molecule has 0 bridgehead atoms. The van der Waals surface area contributed by atoms with Gasteiger partial charge in [-0.2, -0.15) is 5.10 Å². The lowest BCUT2D eigenvalue weighted by atomic mass is 10.2. The first-order chi connectivity index (χ1) is 12.9. The Morgan fingerprint density at radius 2 is 2.00 bits per heavy atom. The molecule has 1 amide bonds. The predicted octanol–water partition coefficient (Wildman–Crippen LogP) is 4.49. The van der Waals surface area contributed by atoms with E-state index in [-0.39, 0.29) is 18.3 Å². The normalized spacial score (nSPS) is 11.1. The highest BCUT2D eigenvalue weighted by Gasteiger charge is 2.23. The fourth-order valence-corrected chi connectivity index (χ4v) is 4.03. The summed E-state index contributed by atoms with van der Waals surface area (Å²) in [5.74, 6) is -0.122. The number of carbonyl (C=O) groups excluding carboxylic acids is 1. The molecule has 0 atom stereocenters. The molecule has 3 aromatic rings. The number of rotatable bonds is 7. The van der Waals surface area contributed by atoms with E-state index in [0.717, 1.165) is 35.3 Å². The van der Waals surface area contributed by atoms with Crippen LogP contribution in [0.5, 0.6) is 0 Å². The van der Waals surface area contributed by atoms with E-state index < -0.39 is 0 Å². The molecular weight excluding hydrogens is 417 g/mol. The van der Waals surface area contributed by atoms with Crippen molar-refractivity contribution in [1.29, 1.82) is 0 Å². The number of anilines is 1. The van der Waals surface area contributed by atoms with Crippen LogP contribution in [-0.4, -0.2) is 52.8 Å². The van der Waals surface area contributed by atoms with Crippen molar-refractivity contribution in [3.8, 4) is 0 Å². The van der Waals surface area contributed by atoms with Crippen molar-refractivity contribution in [1.82, 2.24) is 19.7 Å². The van der Waals surface area contributed by atoms with Gasteiger partial charge in [0.15, 0.2) is 10.8 Å². The van der Waals surface area contributed by atoms with Crippen LogP contribution in [-0.2, 0) is 6.54 Å². The molecule has 3 rings (SSSR count). The van der Waals surface area contributed by atoms with E-state index in [2.05, 4.69) is 10.00 Å². The van der Waals surface area contributed by atoms with Gasteiger partial charge in [0.05, 0.1) is 10.2 Å². The summed E-state index contributed by atoms with van der Waals surface area (Å²) in [5.41, 5.74) is 2.23. The monoisotopic (exact) mass is 441 g/mol. The van der Waals surface area contributed by atoms with Crippen LogP contribution >= 0.6 is 35.3 Å². The largest absolute Gasteiger partial charge is 0.309 e. The Bertz CT molecular complexity index is 953. The van der Waals surface area contributed by atoms with Crippen molar-refractivity contribution in [2.45, 2.75) is 26.8 Å². The predicted molar refractivity (Wildman–Crippen MR) is 119 cm³/mol. The van der Waals surface area contributed by atoms with Gasteiger partial charge in [-0.05, 0) is 64.7 Å². The molecular formula is C19H25Cl2N5OS. The van der Waals surface area contributed by atoms with Crippen LogP contribution < -0.4 is 4.90 Å². The minimum absolute atomic E-state index is 0. The van der Waals surface area contributed by atoms with Crippen LogP contribution in [0, 0.1) is 6.92 Å². The molecule has 0 radical (unpaired) electrons. The lowest BCUT2D eigenvalue weighted by Gasteiger charge is -2.20. The van der Waals surface area contributed by atoms with E-state index in [1.54, 1.807) is 15.6 Å². The number of hydrogen-bond acceptors (Lipinski definition) is 5. The number of aryl methyl sites for hydroxylation is 2. The van der Waals surface area contributed by atoms with Crippen molar-refractivity contribution in [3.63, 3.8) is 0 Å². The maximum absolute atomic E-state index is 13.2. The topological polar surface area (TPSA) is 54.3 Å². The van der Waals surface area contributed by atoms with E-state index in [1.807, 2.05) is 46.3 Å². The molecule has 0 saturated heterocycles. The highest BCUT2D eigenvalue weighted by Crippen LogP contribution is 2.34. The molecule has 9 heteroatoms. The second-order valence-electron chi connectivity index (χ2n) is 6.69. The van der Waals surface area contributed by atoms with Gasteiger partial charge in [-0.1, -0.05) is 22.9 Å². The van der Waals surface area contributed by atoms with Gasteiger partial charge < -0.3 is 4.90 Å². The average Bonchev–Trinajstić information content (AvgIpc) is 3.28. The standard InChI is InChI=1S/C19H24ClN5OS.ClH/c1-5-24-12-9-15(22-24)18(26)25(11-6-10-23(3)4)19-21-17-13(2)14(20)7-8-16(17)27-19;/h7-9,12H,5-6,10-11H2,1-4H3;1H. The third-order valence-electron chi connectivity index (χ3n) is 4.38. The zero-order valence-corrected chi connectivity index (χ0v) is 18.9. The molecule has 0 aliphatic heterocycles. The molecule has 152 valence electrons. The fraction of sp³-hybridized carbons (Fsp3) is 0.421. The number of nitrogens with zero attached hydrogens (tertiary/aromatic N) is 5. The molecule has 0 aliphatic rings. The molecule has 1 aromatic carbocycles. The lowest BCUT2D eigenvalue weighted by Crippen LogP contribution is -2.33. The maximum atomic E-state index is 13.2. The van der Waals surface area contributed by atoms with Crippen LogP contribution in [0.15, 0.2) is 24.4 Å². The molecule has 0 aliphatic carbocycles. The Morgan fingerprint density at radius 3 is 2.64 bits per heavy atom. The van der Waals surface area contributed by atoms with Gasteiger partial charge in [0.25, 0.3) is 5.91 Å². The molecule has 2 aromatic heterocycles. The SMILES string of the molecule is CCn1ccc(C(=O)N(CCCN(C)C)c2nc3c(C)c(Cl)ccc3s2)n1.Cl. The van der Waals surface area contributed by atoms with Gasteiger partial charge in [-0.15, -0.1) is 12.4 Å². The Morgan fingerprint density at radius 1 is 1.25 bits per heavy atom. The molecule has 0 spiro atoms. The highest BCUT2D eigenvalue weighted by atomic mass is 35.5. The fourth-order valence-electron chi connectivity index (χ4n) is 2.82. The molecule has 0 fully saturated rings. The van der Waals surface area contributed by atoms with Gasteiger partial charge in [0, 0.05) is 24.3 Å². The molecule has 6 nitrogen and oxygen atoms in total. The highest BCUT2D eigenvalue weighted by molar-refractivity contribution is 7.22. The average molecular weight is 442 g/mol. The van der Waals surface area contributed by atoms with Crippen LogP contribution in [0.4, 0.5) is 5.13 Å². The molecule has 28 heavy (non-hydrogen) atoms. The first kappa shape index (κ1) is 22.6. The number of fused-ring (bicyclic) bond motifs is 1. The van der Waals surface area contributed by atoms with Gasteiger partial charge in [-0.3, -0.25) is 14.4 Å². The van der Waals surface area contributed by atoms with Gasteiger partial charge in [0.1, 0.15) is 0 Å². The minimum Gasteiger partial charge on any atom is -0.309 e. The zero-order chi connectivity index (χ0) is 19.6. The number of benzene rings is 1. The Hall–Kier alpha value is -1.67. The van der Waals surface area contributed by atoms with E-state index in [1.165, 1.54) is 11.3 Å². The van der Waals surface area contributed by atoms with Crippen molar-refractivity contribution >= 4 is 56.6 Å². The van der Waals surface area contributed by atoms with Crippen LogP contribution in [0.3, 0.4) is 0 Å². The number of thiazole rings is 1. The van der Waals surface area contributed by atoms with Crippen molar-refractivity contribution in [2.75, 3.05) is 32.1 Å². The number of carbonyl (C=O) groups is 1. The van der Waals surface area contributed by atoms with E-state index >= 15 is 0 Å². The number of aromatic nitrogens is 3. The summed E-state index contributed by atoms with van der Waals surface area (Å²) in [6.45, 7) is 6.16. The number of halogens is 2. The lowest BCUT2D eigenvalue weighted by molar-refractivity contribution is 0.0980. The summed E-state index contributed by atoms with van der Waals surface area (Å²) < 4.78 is 2.78. The van der Waals surface area contributed by atoms with E-state index in [9.17, 15) is 4.79 Å². The maximum Gasteiger partial charge on any atom is 0.280 e. The van der Waals surface area contributed by atoms with Crippen LogP contribution in [0.2, 0.25) is 5.02 Å². The Balaban J connectivity index is 0.00000280. The van der Waals surface area contributed by atoms with Gasteiger partial charge >= 0.3 is 0 Å². The third kappa shape index (κ3) is 4.84. The first-order valence-electron chi connectivity index (χ1n) is 8.96. The second kappa shape index (κ2) is 9.69. The Labute approximate surface area is 180 Å². The summed E-state index contributed by atoms with van der Waals surface area (Å²) in [4.78, 5) is 21.7. The summed E-state index contributed by atoms with van der Waals surface area (Å²) in [6.07, 6.45) is 2.68. The van der Waals surface area contributed by atoms with Crippen LogP contribution in [0.1, 0.15) is 29.4 Å². The molecule has 2 heterocycles. The Kier molecular flexibility index (Phi) is 7.83. The summed E-state index contributed by atoms with van der Waals surface area (Å²) in [5, 5.41) is 5.75. The van der Waals surface area contributed by atoms with Crippen molar-refractivity contribution in [2.24, 2.45) is 0 Å². The van der Waals surface area contributed by atoms with E-state index in [0.29, 0.717) is 22.4 Å². The smallest absolute Gasteiger partial charge is 0.280 e. The van der Waals surface area contributed by atoms with Crippen molar-refractivity contribution in [3.05, 3.63) is 40.7 Å². The number of hydrogen-bond donors (Lipinski definition) is 0. The number of amides is 1. The second-order valence-corrected chi connectivity index (χ2v) is 8.10. The van der Waals surface area contributed by atoms with Gasteiger partial charge in [0.2, 0.25) is 0 Å². The summed E-state index contributed by atoms with van der Waals surface area (Å²) in [7, 11) is 4.05. The molecule has 0 saturated carbocycles. The van der Waals surface area contributed by atoms with Crippen LogP contribution in [0.25, 0.3) is 10.2 Å². The molecule has 0 unspecified atom stereocenters. The van der Waals surface area contributed by atoms with Gasteiger partial charge in [-0.25, -0.2) is 4.98 Å². The molecule has 0 N–H and O–H groups in total. The van der Waals surface area contributed by atoms with Crippen molar-refractivity contribution < 1.29 is 4.79 Å².